The Bertz CT molecular complexity index is 947. The molecule has 33 heavy (non-hydrogen) atoms. The number of fused-ring (bicyclic) bond motifs is 3. The number of methoxy groups -OCH3 is 1. The van der Waals surface area contributed by atoms with Crippen molar-refractivity contribution in [1.29, 1.82) is 0 Å². The van der Waals surface area contributed by atoms with Crippen molar-refractivity contribution in [2.45, 2.75) is 44.2 Å². The van der Waals surface area contributed by atoms with Crippen LogP contribution >= 0.6 is 0 Å². The molecule has 0 radical (unpaired) electrons. The Hall–Kier alpha value is -3.39. The Morgan fingerprint density at radius 3 is 2.12 bits per heavy atom. The average molecular weight is 455 g/mol. The number of ether oxygens (including phenoxy) is 2. The lowest BCUT2D eigenvalue weighted by Gasteiger charge is -2.21. The molecular formula is C25H30N2O6. The Labute approximate surface area is 193 Å². The number of nitrogens with one attached hydrogen (secondary N) is 2. The van der Waals surface area contributed by atoms with Gasteiger partial charge in [-0.1, -0.05) is 68.3 Å². The molecule has 0 saturated carbocycles. The van der Waals surface area contributed by atoms with Gasteiger partial charge < -0.3 is 25.2 Å². The van der Waals surface area contributed by atoms with Crippen LogP contribution in [-0.2, 0) is 19.1 Å². The number of benzene rings is 2. The molecule has 2 amide bonds. The summed E-state index contributed by atoms with van der Waals surface area (Å²) in [5.41, 5.74) is 4.40. The van der Waals surface area contributed by atoms with E-state index in [0.717, 1.165) is 28.7 Å². The van der Waals surface area contributed by atoms with Gasteiger partial charge in [0.05, 0.1) is 6.61 Å². The molecule has 0 spiro atoms. The molecule has 176 valence electrons. The molecule has 1 unspecified atom stereocenters. The van der Waals surface area contributed by atoms with Crippen LogP contribution < -0.4 is 10.6 Å². The van der Waals surface area contributed by atoms with Crippen LogP contribution in [0.3, 0.4) is 0 Å². The van der Waals surface area contributed by atoms with Crippen LogP contribution in [0.25, 0.3) is 11.1 Å². The van der Waals surface area contributed by atoms with Crippen LogP contribution in [-0.4, -0.2) is 55.5 Å². The number of carboxylic acid groups (broad SMARTS) is 1. The third-order valence-corrected chi connectivity index (χ3v) is 5.75. The summed E-state index contributed by atoms with van der Waals surface area (Å²) < 4.78 is 10.5. The lowest BCUT2D eigenvalue weighted by Crippen LogP contribution is -2.53. The van der Waals surface area contributed by atoms with Gasteiger partial charge in [-0.15, -0.1) is 0 Å². The molecular weight excluding hydrogens is 424 g/mol. The summed E-state index contributed by atoms with van der Waals surface area (Å²) in [4.78, 5) is 36.6. The van der Waals surface area contributed by atoms with Gasteiger partial charge in [-0.2, -0.15) is 0 Å². The van der Waals surface area contributed by atoms with E-state index in [1.165, 1.54) is 7.11 Å². The molecule has 0 aromatic heterocycles. The van der Waals surface area contributed by atoms with Crippen LogP contribution in [0.4, 0.5) is 4.79 Å². The minimum Gasteiger partial charge on any atom is -0.480 e. The summed E-state index contributed by atoms with van der Waals surface area (Å²) in [5, 5.41) is 14.3. The predicted octanol–water partition coefficient (Wildman–Crippen LogP) is 3.30. The molecule has 1 aliphatic carbocycles. The molecule has 8 heteroatoms. The van der Waals surface area contributed by atoms with E-state index in [1.54, 1.807) is 0 Å². The average Bonchev–Trinajstić information content (AvgIpc) is 3.13. The summed E-state index contributed by atoms with van der Waals surface area (Å²) in [6.07, 6.45) is 1.00. The van der Waals surface area contributed by atoms with Crippen LogP contribution in [0.1, 0.15) is 43.2 Å². The van der Waals surface area contributed by atoms with Crippen molar-refractivity contribution in [3.05, 3.63) is 59.7 Å². The second kappa shape index (κ2) is 11.5. The summed E-state index contributed by atoms with van der Waals surface area (Å²) in [6, 6.07) is 13.9. The Morgan fingerprint density at radius 1 is 0.970 bits per heavy atom. The molecule has 3 rings (SSSR count). The largest absolute Gasteiger partial charge is 0.480 e. The molecule has 0 heterocycles. The van der Waals surface area contributed by atoms with E-state index in [-0.39, 0.29) is 19.1 Å². The number of hydrogen-bond donors (Lipinski definition) is 3. The van der Waals surface area contributed by atoms with Crippen LogP contribution in [0.15, 0.2) is 48.5 Å². The van der Waals surface area contributed by atoms with Gasteiger partial charge in [0.25, 0.3) is 0 Å². The first-order chi connectivity index (χ1) is 16.0. The number of hydrogen-bond acceptors (Lipinski definition) is 5. The van der Waals surface area contributed by atoms with E-state index in [1.807, 2.05) is 55.5 Å². The molecule has 0 aliphatic heterocycles. The second-order valence-corrected chi connectivity index (χ2v) is 8.02. The SMILES string of the molecule is CCCC[C@H](NC(=O)C(COC)NC(=O)OCC1c2ccccc2-c2ccccc21)C(=O)O. The fraction of sp³-hybridized carbons (Fsp3) is 0.400. The highest BCUT2D eigenvalue weighted by molar-refractivity contribution is 5.89. The van der Waals surface area contributed by atoms with Crippen molar-refractivity contribution < 1.29 is 29.0 Å². The van der Waals surface area contributed by atoms with E-state index in [2.05, 4.69) is 10.6 Å². The van der Waals surface area contributed by atoms with Gasteiger partial charge in [0, 0.05) is 13.0 Å². The molecule has 2 atom stereocenters. The van der Waals surface area contributed by atoms with E-state index in [9.17, 15) is 19.5 Å². The quantitative estimate of drug-likeness (QED) is 0.480. The van der Waals surface area contributed by atoms with Gasteiger partial charge in [0.2, 0.25) is 5.91 Å². The molecule has 3 N–H and O–H groups in total. The standard InChI is InChI=1S/C25H30N2O6/c1-3-4-13-21(24(29)30)26-23(28)22(15-32-2)27-25(31)33-14-20-18-11-7-5-9-16(18)17-10-6-8-12-19(17)20/h5-12,20-22H,3-4,13-15H2,1-2H3,(H,26,28)(H,27,31)(H,29,30)/t21-,22?/m0/s1. The van der Waals surface area contributed by atoms with Crippen molar-refractivity contribution in [3.63, 3.8) is 0 Å². The first-order valence-corrected chi connectivity index (χ1v) is 11.1. The zero-order valence-electron chi connectivity index (χ0n) is 18.9. The zero-order valence-corrected chi connectivity index (χ0v) is 18.9. The molecule has 0 bridgehead atoms. The fourth-order valence-corrected chi connectivity index (χ4v) is 4.07. The van der Waals surface area contributed by atoms with Crippen molar-refractivity contribution >= 4 is 18.0 Å². The maximum Gasteiger partial charge on any atom is 0.407 e. The number of amides is 2. The highest BCUT2D eigenvalue weighted by Crippen LogP contribution is 2.44. The van der Waals surface area contributed by atoms with Crippen LogP contribution in [0, 0.1) is 0 Å². The molecule has 2 aromatic carbocycles. The predicted molar refractivity (Wildman–Crippen MR) is 123 cm³/mol. The van der Waals surface area contributed by atoms with Crippen molar-refractivity contribution in [2.24, 2.45) is 0 Å². The summed E-state index contributed by atoms with van der Waals surface area (Å²) in [5.74, 6) is -1.86. The second-order valence-electron chi connectivity index (χ2n) is 8.02. The molecule has 0 fully saturated rings. The number of rotatable bonds is 11. The van der Waals surface area contributed by atoms with Gasteiger partial charge >= 0.3 is 12.1 Å². The fourth-order valence-electron chi connectivity index (χ4n) is 4.07. The number of carbonyl (C=O) groups is 3. The third-order valence-electron chi connectivity index (χ3n) is 5.75. The summed E-state index contributed by atoms with van der Waals surface area (Å²) >= 11 is 0. The highest BCUT2D eigenvalue weighted by atomic mass is 16.5. The molecule has 0 saturated heterocycles. The van der Waals surface area contributed by atoms with E-state index >= 15 is 0 Å². The third kappa shape index (κ3) is 5.90. The minimum atomic E-state index is -1.12. The molecule has 2 aromatic rings. The molecule has 8 nitrogen and oxygen atoms in total. The maximum atomic E-state index is 12.6. The summed E-state index contributed by atoms with van der Waals surface area (Å²) in [6.45, 7) is 1.93. The summed E-state index contributed by atoms with van der Waals surface area (Å²) in [7, 11) is 1.39. The Kier molecular flexibility index (Phi) is 8.43. The van der Waals surface area contributed by atoms with Gasteiger partial charge in [-0.3, -0.25) is 4.79 Å². The number of alkyl carbamates (subject to hydrolysis) is 1. The van der Waals surface area contributed by atoms with Gasteiger partial charge in [-0.25, -0.2) is 9.59 Å². The lowest BCUT2D eigenvalue weighted by molar-refractivity contribution is -0.142. The van der Waals surface area contributed by atoms with Crippen molar-refractivity contribution in [1.82, 2.24) is 10.6 Å². The lowest BCUT2D eigenvalue weighted by atomic mass is 9.98. The monoisotopic (exact) mass is 454 g/mol. The number of aliphatic carboxylic acids is 1. The highest BCUT2D eigenvalue weighted by Gasteiger charge is 2.30. The van der Waals surface area contributed by atoms with Crippen molar-refractivity contribution in [2.75, 3.05) is 20.3 Å². The number of unbranched alkanes of at least 4 members (excludes halogenated alkanes) is 1. The van der Waals surface area contributed by atoms with Crippen LogP contribution in [0.5, 0.6) is 0 Å². The van der Waals surface area contributed by atoms with Gasteiger partial charge in [-0.05, 0) is 28.7 Å². The number of carbonyl (C=O) groups excluding carboxylic acids is 2. The first-order valence-electron chi connectivity index (χ1n) is 11.1. The minimum absolute atomic E-state index is 0.107. The topological polar surface area (TPSA) is 114 Å². The Morgan fingerprint density at radius 2 is 1.58 bits per heavy atom. The van der Waals surface area contributed by atoms with E-state index in [4.69, 9.17) is 9.47 Å². The smallest absolute Gasteiger partial charge is 0.407 e. The number of carboxylic acids is 1. The maximum absolute atomic E-state index is 12.6. The zero-order chi connectivity index (χ0) is 23.8. The van der Waals surface area contributed by atoms with Crippen LogP contribution in [0.2, 0.25) is 0 Å². The normalized spacial score (nSPS) is 14.0. The van der Waals surface area contributed by atoms with Gasteiger partial charge in [0.1, 0.15) is 18.7 Å². The Balaban J connectivity index is 1.62. The van der Waals surface area contributed by atoms with E-state index < -0.39 is 30.1 Å². The molecule has 1 aliphatic rings. The van der Waals surface area contributed by atoms with Gasteiger partial charge in [0.15, 0.2) is 0 Å². The van der Waals surface area contributed by atoms with E-state index in [0.29, 0.717) is 12.8 Å². The first kappa shape index (κ1) is 24.3. The van der Waals surface area contributed by atoms with Crippen molar-refractivity contribution in [3.8, 4) is 11.1 Å².